The van der Waals surface area contributed by atoms with Gasteiger partial charge >= 0.3 is 0 Å². The van der Waals surface area contributed by atoms with Gasteiger partial charge in [-0.05, 0) is 32.6 Å². The van der Waals surface area contributed by atoms with Gasteiger partial charge in [0.2, 0.25) is 5.91 Å². The average Bonchev–Trinajstić information content (AvgIpc) is 2.36. The van der Waals surface area contributed by atoms with E-state index in [2.05, 4.69) is 12.2 Å². The van der Waals surface area contributed by atoms with E-state index < -0.39 is 0 Å². The maximum atomic E-state index is 11.9. The molecule has 0 radical (unpaired) electrons. The van der Waals surface area contributed by atoms with Gasteiger partial charge in [-0.25, -0.2) is 0 Å². The zero-order chi connectivity index (χ0) is 13.5. The fraction of sp³-hybridized carbons (Fsp3) is 0.933. The van der Waals surface area contributed by atoms with Crippen molar-refractivity contribution in [3.63, 3.8) is 0 Å². The summed E-state index contributed by atoms with van der Waals surface area (Å²) < 4.78 is 0. The summed E-state index contributed by atoms with van der Waals surface area (Å²) in [5, 5.41) is 3.08. The molecule has 3 unspecified atom stereocenters. The highest BCUT2D eigenvalue weighted by atomic mass is 35.5. The molecule has 3 N–H and O–H groups in total. The van der Waals surface area contributed by atoms with Gasteiger partial charge in [0.15, 0.2) is 0 Å². The summed E-state index contributed by atoms with van der Waals surface area (Å²) >= 11 is 0. The predicted molar refractivity (Wildman–Crippen MR) is 83.5 cm³/mol. The number of rotatable bonds is 6. The standard InChI is InChI=1S/C15H30N2O.ClH/c1-11(17-15(18)12(2)13(3)16)9-10-14-7-5-4-6-8-14;/h11-14H,4-10,16H2,1-3H3,(H,17,18);1H. The SMILES string of the molecule is CC(CCC1CCCCC1)NC(=O)C(C)C(C)N.Cl. The third kappa shape index (κ3) is 7.17. The summed E-state index contributed by atoms with van der Waals surface area (Å²) in [6.07, 6.45) is 9.33. The molecule has 1 amide bonds. The Balaban J connectivity index is 0.00000324. The van der Waals surface area contributed by atoms with Gasteiger partial charge in [-0.3, -0.25) is 4.79 Å². The monoisotopic (exact) mass is 290 g/mol. The number of halogens is 1. The maximum Gasteiger partial charge on any atom is 0.224 e. The molecule has 0 aromatic rings. The Hall–Kier alpha value is -0.280. The van der Waals surface area contributed by atoms with Gasteiger partial charge in [-0.1, -0.05) is 39.0 Å². The van der Waals surface area contributed by atoms with Crippen molar-refractivity contribution in [3.8, 4) is 0 Å². The lowest BCUT2D eigenvalue weighted by Crippen LogP contribution is -2.42. The third-order valence-corrected chi connectivity index (χ3v) is 4.32. The molecule has 19 heavy (non-hydrogen) atoms. The van der Waals surface area contributed by atoms with Crippen molar-refractivity contribution in [1.29, 1.82) is 0 Å². The normalized spacial score (nSPS) is 21.1. The molecule has 3 nitrogen and oxygen atoms in total. The minimum atomic E-state index is -0.0952. The molecule has 1 aliphatic carbocycles. The second-order valence-electron chi connectivity index (χ2n) is 6.14. The van der Waals surface area contributed by atoms with E-state index in [0.29, 0.717) is 0 Å². The number of carbonyl (C=O) groups excluding carboxylic acids is 1. The van der Waals surface area contributed by atoms with Gasteiger partial charge in [0.25, 0.3) is 0 Å². The van der Waals surface area contributed by atoms with Crippen LogP contribution in [0.3, 0.4) is 0 Å². The highest BCUT2D eigenvalue weighted by molar-refractivity contribution is 5.85. The first-order valence-electron chi connectivity index (χ1n) is 7.56. The minimum absolute atomic E-state index is 0. The first kappa shape index (κ1) is 18.7. The van der Waals surface area contributed by atoms with Crippen molar-refractivity contribution in [3.05, 3.63) is 0 Å². The van der Waals surface area contributed by atoms with Crippen molar-refractivity contribution in [2.45, 2.75) is 77.8 Å². The van der Waals surface area contributed by atoms with Crippen LogP contribution in [0.2, 0.25) is 0 Å². The lowest BCUT2D eigenvalue weighted by atomic mass is 9.85. The van der Waals surface area contributed by atoms with Crippen LogP contribution in [-0.2, 0) is 4.79 Å². The van der Waals surface area contributed by atoms with Crippen molar-refractivity contribution in [1.82, 2.24) is 5.32 Å². The van der Waals surface area contributed by atoms with E-state index in [-0.39, 0.29) is 36.3 Å². The number of amides is 1. The van der Waals surface area contributed by atoms with Crippen LogP contribution in [0.25, 0.3) is 0 Å². The summed E-state index contributed by atoms with van der Waals surface area (Å²) in [5.74, 6) is 0.896. The van der Waals surface area contributed by atoms with Gasteiger partial charge in [0.1, 0.15) is 0 Å². The molecule has 1 saturated carbocycles. The van der Waals surface area contributed by atoms with Gasteiger partial charge < -0.3 is 11.1 Å². The van der Waals surface area contributed by atoms with E-state index in [9.17, 15) is 4.79 Å². The lowest BCUT2D eigenvalue weighted by molar-refractivity contribution is -0.125. The van der Waals surface area contributed by atoms with Crippen LogP contribution in [0.1, 0.15) is 65.7 Å². The van der Waals surface area contributed by atoms with E-state index >= 15 is 0 Å². The van der Waals surface area contributed by atoms with Crippen LogP contribution in [0.5, 0.6) is 0 Å². The molecular formula is C15H31ClN2O. The summed E-state index contributed by atoms with van der Waals surface area (Å²) in [6, 6.07) is 0.205. The Bertz CT molecular complexity index is 253. The van der Waals surface area contributed by atoms with Crippen LogP contribution < -0.4 is 11.1 Å². The van der Waals surface area contributed by atoms with Crippen LogP contribution in [0.4, 0.5) is 0 Å². The molecule has 0 saturated heterocycles. The third-order valence-electron chi connectivity index (χ3n) is 4.32. The number of carbonyl (C=O) groups is 1. The first-order chi connectivity index (χ1) is 8.50. The van der Waals surface area contributed by atoms with E-state index in [1.165, 1.54) is 38.5 Å². The molecule has 0 heterocycles. The Morgan fingerprint density at radius 2 is 1.79 bits per heavy atom. The summed E-state index contributed by atoms with van der Waals surface area (Å²) in [6.45, 7) is 5.89. The van der Waals surface area contributed by atoms with Gasteiger partial charge in [0.05, 0.1) is 0 Å². The fourth-order valence-electron chi connectivity index (χ4n) is 2.65. The average molecular weight is 291 g/mol. The highest BCUT2D eigenvalue weighted by Crippen LogP contribution is 2.27. The number of hydrogen-bond donors (Lipinski definition) is 2. The van der Waals surface area contributed by atoms with Crippen molar-refractivity contribution in [2.24, 2.45) is 17.6 Å². The summed E-state index contributed by atoms with van der Waals surface area (Å²) in [7, 11) is 0. The van der Waals surface area contributed by atoms with E-state index in [4.69, 9.17) is 5.73 Å². The smallest absolute Gasteiger partial charge is 0.224 e. The van der Waals surface area contributed by atoms with Crippen LogP contribution in [-0.4, -0.2) is 18.0 Å². The van der Waals surface area contributed by atoms with E-state index in [1.54, 1.807) is 0 Å². The fourth-order valence-corrected chi connectivity index (χ4v) is 2.65. The molecule has 0 aromatic heterocycles. The Labute approximate surface area is 124 Å². The van der Waals surface area contributed by atoms with Gasteiger partial charge in [0, 0.05) is 18.0 Å². The van der Waals surface area contributed by atoms with E-state index in [0.717, 1.165) is 12.3 Å². The molecule has 114 valence electrons. The summed E-state index contributed by atoms with van der Waals surface area (Å²) in [4.78, 5) is 11.9. The number of nitrogens with two attached hydrogens (primary N) is 1. The molecule has 0 aliphatic heterocycles. The van der Waals surface area contributed by atoms with Crippen LogP contribution in [0.15, 0.2) is 0 Å². The maximum absolute atomic E-state index is 11.9. The van der Waals surface area contributed by atoms with Gasteiger partial charge in [-0.2, -0.15) is 0 Å². The zero-order valence-electron chi connectivity index (χ0n) is 12.7. The first-order valence-corrected chi connectivity index (χ1v) is 7.56. The van der Waals surface area contributed by atoms with Crippen LogP contribution in [0, 0.1) is 11.8 Å². The Morgan fingerprint density at radius 3 is 2.32 bits per heavy atom. The molecular weight excluding hydrogens is 260 g/mol. The Kier molecular flexibility index (Phi) is 9.46. The van der Waals surface area contributed by atoms with Crippen LogP contribution >= 0.6 is 12.4 Å². The largest absolute Gasteiger partial charge is 0.353 e. The topological polar surface area (TPSA) is 55.1 Å². The number of hydrogen-bond acceptors (Lipinski definition) is 2. The van der Waals surface area contributed by atoms with E-state index in [1.807, 2.05) is 13.8 Å². The molecule has 0 spiro atoms. The van der Waals surface area contributed by atoms with Crippen molar-refractivity contribution in [2.75, 3.05) is 0 Å². The molecule has 1 fully saturated rings. The molecule has 1 rings (SSSR count). The highest BCUT2D eigenvalue weighted by Gasteiger charge is 2.19. The van der Waals surface area contributed by atoms with Crippen molar-refractivity contribution >= 4 is 18.3 Å². The summed E-state index contributed by atoms with van der Waals surface area (Å²) in [5.41, 5.74) is 5.74. The van der Waals surface area contributed by atoms with Crippen molar-refractivity contribution < 1.29 is 4.79 Å². The number of nitrogens with one attached hydrogen (secondary N) is 1. The molecule has 3 atom stereocenters. The molecule has 0 aromatic carbocycles. The second kappa shape index (κ2) is 9.60. The molecule has 1 aliphatic rings. The second-order valence-corrected chi connectivity index (χ2v) is 6.14. The molecule has 4 heteroatoms. The quantitative estimate of drug-likeness (QED) is 0.789. The van der Waals surface area contributed by atoms with Gasteiger partial charge in [-0.15, -0.1) is 12.4 Å². The molecule has 0 bridgehead atoms. The lowest BCUT2D eigenvalue weighted by Gasteiger charge is -2.24. The predicted octanol–water partition coefficient (Wildman–Crippen LogP) is 3.26. The zero-order valence-corrected chi connectivity index (χ0v) is 13.5. The minimum Gasteiger partial charge on any atom is -0.353 e. The Morgan fingerprint density at radius 1 is 1.21 bits per heavy atom.